The average Bonchev–Trinajstić information content (AvgIpc) is 3.72. The summed E-state index contributed by atoms with van der Waals surface area (Å²) < 4.78 is 18.5. The molecule has 13 nitrogen and oxygen atoms in total. The van der Waals surface area contributed by atoms with E-state index in [-0.39, 0.29) is 29.8 Å². The Balaban J connectivity index is 0.725. The van der Waals surface area contributed by atoms with Crippen LogP contribution in [0.5, 0.6) is 0 Å². The van der Waals surface area contributed by atoms with Crippen LogP contribution in [-0.2, 0) is 16.6 Å². The van der Waals surface area contributed by atoms with Crippen molar-refractivity contribution >= 4 is 72.3 Å². The third kappa shape index (κ3) is 6.99. The van der Waals surface area contributed by atoms with Gasteiger partial charge in [-0.3, -0.25) is 34.6 Å². The van der Waals surface area contributed by atoms with Crippen molar-refractivity contribution in [3.8, 4) is 11.3 Å². The molecule has 0 radical (unpaired) electrons. The molecule has 3 atom stereocenters. The molecule has 10 rings (SSSR count). The third-order valence-corrected chi connectivity index (χ3v) is 13.7. The number of amides is 3. The van der Waals surface area contributed by atoms with Gasteiger partial charge in [-0.2, -0.15) is 5.10 Å². The molecule has 1 saturated carbocycles. The van der Waals surface area contributed by atoms with Crippen LogP contribution in [0.15, 0.2) is 60.7 Å². The van der Waals surface area contributed by atoms with E-state index in [1.54, 1.807) is 12.1 Å². The number of hydrogen-bond acceptors (Lipinski definition) is 11. The highest BCUT2D eigenvalue weighted by Crippen LogP contribution is 2.42. The van der Waals surface area contributed by atoms with Gasteiger partial charge in [-0.05, 0) is 92.3 Å². The molecule has 1 aliphatic carbocycles. The molecule has 3 aliphatic heterocycles. The SMILES string of the molecule is C[C@@H]1CNc2c(sc3ccc4nc(-c5ccc(C(O)NC6CC(CN7CCN(c8ccc9c(C%10CCC(=O)NC%10=O)nn(C)c9c8)CC7)C6)cc5F)ccc4c23)C(=O)N1. The minimum atomic E-state index is -0.982. The number of thiophene rings is 1. The van der Waals surface area contributed by atoms with Gasteiger partial charge in [-0.25, -0.2) is 9.37 Å². The van der Waals surface area contributed by atoms with E-state index in [9.17, 15) is 19.5 Å². The molecule has 5 N–H and O–H groups in total. The first-order valence-corrected chi connectivity index (χ1v) is 21.3. The zero-order valence-corrected chi connectivity index (χ0v) is 33.7. The summed E-state index contributed by atoms with van der Waals surface area (Å²) in [6.07, 6.45) is 1.72. The molecule has 0 bridgehead atoms. The number of fused-ring (bicyclic) bond motifs is 6. The summed E-state index contributed by atoms with van der Waals surface area (Å²) in [5.74, 6) is -0.919. The Morgan fingerprint density at radius 1 is 1.00 bits per heavy atom. The number of aliphatic hydroxyl groups excluding tert-OH is 1. The minimum Gasteiger partial charge on any atom is -0.381 e. The first-order chi connectivity index (χ1) is 28.6. The van der Waals surface area contributed by atoms with Crippen molar-refractivity contribution in [1.82, 2.24) is 35.6 Å². The molecule has 6 heterocycles. The highest BCUT2D eigenvalue weighted by Gasteiger charge is 2.34. The van der Waals surface area contributed by atoms with Gasteiger partial charge >= 0.3 is 0 Å². The Hall–Kier alpha value is -5.48. The van der Waals surface area contributed by atoms with Crippen LogP contribution in [0, 0.1) is 11.7 Å². The topological polar surface area (TPSA) is 157 Å². The first-order valence-electron chi connectivity index (χ1n) is 20.5. The fourth-order valence-corrected chi connectivity index (χ4v) is 10.5. The van der Waals surface area contributed by atoms with Crippen LogP contribution < -0.4 is 26.2 Å². The summed E-state index contributed by atoms with van der Waals surface area (Å²) in [7, 11) is 1.90. The van der Waals surface area contributed by atoms with Crippen LogP contribution in [0.1, 0.15) is 65.7 Å². The van der Waals surface area contributed by atoms with E-state index in [1.165, 1.54) is 17.4 Å². The van der Waals surface area contributed by atoms with Gasteiger partial charge in [0.05, 0.1) is 34.0 Å². The molecule has 15 heteroatoms. The molecule has 2 saturated heterocycles. The summed E-state index contributed by atoms with van der Waals surface area (Å²) in [5.41, 5.74) is 5.71. The predicted molar refractivity (Wildman–Crippen MR) is 227 cm³/mol. The smallest absolute Gasteiger partial charge is 0.263 e. The van der Waals surface area contributed by atoms with Gasteiger partial charge in [-0.15, -0.1) is 11.3 Å². The van der Waals surface area contributed by atoms with E-state index in [1.807, 2.05) is 42.9 Å². The summed E-state index contributed by atoms with van der Waals surface area (Å²) in [6.45, 7) is 7.32. The number of pyridine rings is 1. The molecule has 3 fully saturated rings. The number of benzene rings is 3. The Bertz CT molecular complexity index is 2670. The summed E-state index contributed by atoms with van der Waals surface area (Å²) in [4.78, 5) is 47.4. The van der Waals surface area contributed by atoms with Gasteiger partial charge in [0.15, 0.2) is 0 Å². The Morgan fingerprint density at radius 2 is 1.81 bits per heavy atom. The van der Waals surface area contributed by atoms with E-state index in [0.717, 1.165) is 89.0 Å². The molecule has 59 heavy (non-hydrogen) atoms. The summed E-state index contributed by atoms with van der Waals surface area (Å²) in [6, 6.07) is 19.0. The number of halogens is 1. The second-order valence-corrected chi connectivity index (χ2v) is 17.7. The second-order valence-electron chi connectivity index (χ2n) is 16.6. The minimum absolute atomic E-state index is 0.0106. The molecule has 3 aromatic carbocycles. The number of carbonyl (C=O) groups is 3. The van der Waals surface area contributed by atoms with Crippen molar-refractivity contribution < 1.29 is 23.9 Å². The Morgan fingerprint density at radius 3 is 2.61 bits per heavy atom. The van der Waals surface area contributed by atoms with Crippen LogP contribution >= 0.6 is 11.3 Å². The predicted octanol–water partition coefficient (Wildman–Crippen LogP) is 5.39. The lowest BCUT2D eigenvalue weighted by Gasteiger charge is -2.43. The van der Waals surface area contributed by atoms with Crippen LogP contribution in [0.2, 0.25) is 0 Å². The molecule has 4 aliphatic rings. The fraction of sp³-hybridized carbons (Fsp3) is 0.386. The van der Waals surface area contributed by atoms with Crippen molar-refractivity contribution in [3.63, 3.8) is 0 Å². The average molecular weight is 816 g/mol. The van der Waals surface area contributed by atoms with Crippen molar-refractivity contribution in [3.05, 3.63) is 82.6 Å². The van der Waals surface area contributed by atoms with E-state index in [2.05, 4.69) is 49.3 Å². The number of anilines is 2. The molecule has 0 spiro atoms. The van der Waals surface area contributed by atoms with Gasteiger partial charge < -0.3 is 20.6 Å². The maximum absolute atomic E-state index is 15.7. The number of piperidine rings is 1. The number of carbonyl (C=O) groups excluding carboxylic acids is 3. The summed E-state index contributed by atoms with van der Waals surface area (Å²) >= 11 is 1.46. The number of aromatic nitrogens is 3. The van der Waals surface area contributed by atoms with Crippen LogP contribution in [0.3, 0.4) is 0 Å². The lowest BCUT2D eigenvalue weighted by molar-refractivity contribution is -0.134. The van der Waals surface area contributed by atoms with Crippen molar-refractivity contribution in [2.45, 2.75) is 56.8 Å². The number of imide groups is 1. The number of aliphatic hydroxyl groups is 1. The van der Waals surface area contributed by atoms with Crippen LogP contribution in [-0.4, -0.2) is 93.8 Å². The maximum Gasteiger partial charge on any atom is 0.263 e. The molecule has 2 unspecified atom stereocenters. The van der Waals surface area contributed by atoms with Gasteiger partial charge in [0, 0.05) is 96.9 Å². The highest BCUT2D eigenvalue weighted by molar-refractivity contribution is 7.21. The van der Waals surface area contributed by atoms with Gasteiger partial charge in [0.2, 0.25) is 11.8 Å². The lowest BCUT2D eigenvalue weighted by Crippen LogP contribution is -2.51. The maximum atomic E-state index is 15.7. The Kier molecular flexibility index (Phi) is 9.58. The molecular weight excluding hydrogens is 770 g/mol. The molecule has 6 aromatic rings. The zero-order chi connectivity index (χ0) is 40.5. The van der Waals surface area contributed by atoms with Crippen LogP contribution in [0.25, 0.3) is 43.1 Å². The van der Waals surface area contributed by atoms with Crippen molar-refractivity contribution in [1.29, 1.82) is 0 Å². The highest BCUT2D eigenvalue weighted by atomic mass is 32.1. The number of piperazine rings is 1. The molecular formula is C44H46FN9O4S. The number of nitrogens with zero attached hydrogens (tertiary/aromatic N) is 5. The molecule has 3 aromatic heterocycles. The van der Waals surface area contributed by atoms with Crippen LogP contribution in [0.4, 0.5) is 15.8 Å². The van der Waals surface area contributed by atoms with Gasteiger partial charge in [0.1, 0.15) is 16.9 Å². The number of rotatable bonds is 8. The molecule has 3 amide bonds. The largest absolute Gasteiger partial charge is 0.381 e. The second kappa shape index (κ2) is 15.0. The van der Waals surface area contributed by atoms with E-state index < -0.39 is 18.0 Å². The van der Waals surface area contributed by atoms with E-state index in [0.29, 0.717) is 52.5 Å². The normalized spacial score (nSPS) is 23.1. The number of nitrogens with one attached hydrogen (secondary N) is 4. The van der Waals surface area contributed by atoms with E-state index >= 15 is 4.39 Å². The standard InChI is InChI=1S/C44H46FN9O4S/c1-23-21-46-40-38-29-7-9-33(49-34(29)10-11-36(38)59-41(40)44(58)47-23)28-5-3-25(19-32(28)45)42(56)48-26-17-24(18-26)22-53-13-15-54(16-14-53)27-4-6-30-35(20-27)52(2)51-39(30)31-8-12-37(55)50-43(31)57/h3-7,9-11,19-20,23-24,26,31,42,46,48,56H,8,12-18,21-22H2,1-2H3,(H,47,58)(H,50,55,57)/t23-,24?,26?,31?,42?/m1/s1. The first kappa shape index (κ1) is 37.8. The van der Waals surface area contributed by atoms with Gasteiger partial charge in [0.25, 0.3) is 5.91 Å². The van der Waals surface area contributed by atoms with Gasteiger partial charge in [-0.1, -0.05) is 6.07 Å². The quantitative estimate of drug-likeness (QED) is 0.0998. The third-order valence-electron chi connectivity index (χ3n) is 12.6. The Labute approximate surface area is 343 Å². The monoisotopic (exact) mass is 815 g/mol. The van der Waals surface area contributed by atoms with E-state index in [4.69, 9.17) is 10.1 Å². The fourth-order valence-electron chi connectivity index (χ4n) is 9.36. The van der Waals surface area contributed by atoms with Crippen molar-refractivity contribution in [2.24, 2.45) is 13.0 Å². The molecule has 304 valence electrons. The zero-order valence-electron chi connectivity index (χ0n) is 32.9. The van der Waals surface area contributed by atoms with Crippen molar-refractivity contribution in [2.75, 3.05) is 49.5 Å². The lowest BCUT2D eigenvalue weighted by atomic mass is 9.79. The number of aryl methyl sites for hydroxylation is 1. The number of hydrogen-bond donors (Lipinski definition) is 5. The summed E-state index contributed by atoms with van der Waals surface area (Å²) in [5, 5.41) is 30.8.